The van der Waals surface area contributed by atoms with Crippen LogP contribution >= 0.6 is 15.9 Å². The van der Waals surface area contributed by atoms with Crippen LogP contribution in [-0.2, 0) is 4.79 Å². The van der Waals surface area contributed by atoms with Crippen molar-refractivity contribution >= 4 is 33.6 Å². The van der Waals surface area contributed by atoms with E-state index in [0.717, 1.165) is 0 Å². The number of nitrogens with zero attached hydrogens (tertiary/aromatic N) is 1. The molecule has 0 radical (unpaired) electrons. The van der Waals surface area contributed by atoms with Gasteiger partial charge in [-0.3, -0.25) is 4.79 Å². The van der Waals surface area contributed by atoms with Crippen LogP contribution in [0.4, 0.5) is 10.1 Å². The average molecular weight is 391 g/mol. The first-order valence-corrected chi connectivity index (χ1v) is 7.49. The van der Waals surface area contributed by atoms with Crippen LogP contribution in [0.1, 0.15) is 5.56 Å². The number of carbonyl (C=O) groups excluding carboxylic acids is 1. The van der Waals surface area contributed by atoms with E-state index < -0.39 is 11.7 Å². The Kier molecular flexibility index (Phi) is 5.55. The number of methoxy groups -OCH3 is 1. The summed E-state index contributed by atoms with van der Waals surface area (Å²) in [7, 11) is 1.40. The highest BCUT2D eigenvalue weighted by Crippen LogP contribution is 2.33. The van der Waals surface area contributed by atoms with Crippen LogP contribution in [0.5, 0.6) is 11.5 Å². The number of hydrogen-bond acceptors (Lipinski definition) is 4. The Labute approximate surface area is 146 Å². The molecule has 0 aliphatic heterocycles. The molecule has 122 valence electrons. The first kappa shape index (κ1) is 17.5. The van der Waals surface area contributed by atoms with Gasteiger partial charge in [-0.15, -0.1) is 0 Å². The SMILES string of the molecule is COc1cc(Br)c(/C=C(/C#N)C(=O)Nc2ccccc2F)cc1O. The first-order valence-electron chi connectivity index (χ1n) is 6.70. The summed E-state index contributed by atoms with van der Waals surface area (Å²) < 4.78 is 19.1. The topological polar surface area (TPSA) is 82.3 Å². The summed E-state index contributed by atoms with van der Waals surface area (Å²) in [5, 5.41) is 21.3. The molecule has 0 saturated heterocycles. The second kappa shape index (κ2) is 7.62. The van der Waals surface area contributed by atoms with Crippen LogP contribution in [0.25, 0.3) is 6.08 Å². The van der Waals surface area contributed by atoms with E-state index in [0.29, 0.717) is 10.0 Å². The highest BCUT2D eigenvalue weighted by molar-refractivity contribution is 9.10. The standard InChI is InChI=1S/C17H12BrFN2O3/c1-24-16-8-12(18)10(7-15(16)22)6-11(9-20)17(23)21-14-5-3-2-4-13(14)19/h2-8,22H,1H3,(H,21,23)/b11-6-. The Morgan fingerprint density at radius 3 is 2.75 bits per heavy atom. The fraction of sp³-hybridized carbons (Fsp3) is 0.0588. The number of benzene rings is 2. The molecule has 0 aliphatic carbocycles. The zero-order valence-electron chi connectivity index (χ0n) is 12.5. The molecule has 2 aromatic rings. The zero-order chi connectivity index (χ0) is 17.7. The van der Waals surface area contributed by atoms with Crippen LogP contribution in [0.15, 0.2) is 46.4 Å². The number of anilines is 1. The number of phenolic OH excluding ortho intramolecular Hbond substituents is 1. The van der Waals surface area contributed by atoms with Crippen molar-refractivity contribution in [1.29, 1.82) is 5.26 Å². The summed E-state index contributed by atoms with van der Waals surface area (Å²) in [5.74, 6) is -1.26. The highest BCUT2D eigenvalue weighted by atomic mass is 79.9. The van der Waals surface area contributed by atoms with E-state index >= 15 is 0 Å². The van der Waals surface area contributed by atoms with Crippen LogP contribution in [0, 0.1) is 17.1 Å². The number of carbonyl (C=O) groups is 1. The van der Waals surface area contributed by atoms with Crippen molar-refractivity contribution < 1.29 is 19.0 Å². The molecule has 0 fully saturated rings. The van der Waals surface area contributed by atoms with E-state index in [4.69, 9.17) is 4.74 Å². The second-order valence-corrected chi connectivity index (χ2v) is 5.50. The molecule has 2 aromatic carbocycles. The largest absolute Gasteiger partial charge is 0.504 e. The molecule has 7 heteroatoms. The number of para-hydroxylation sites is 1. The Balaban J connectivity index is 2.33. The number of nitriles is 1. The van der Waals surface area contributed by atoms with Crippen molar-refractivity contribution in [2.24, 2.45) is 0 Å². The van der Waals surface area contributed by atoms with Crippen molar-refractivity contribution in [3.8, 4) is 17.6 Å². The molecule has 0 saturated carbocycles. The van der Waals surface area contributed by atoms with Gasteiger partial charge < -0.3 is 15.2 Å². The number of amides is 1. The summed E-state index contributed by atoms with van der Waals surface area (Å²) >= 11 is 3.27. The average Bonchev–Trinajstić information content (AvgIpc) is 2.57. The van der Waals surface area contributed by atoms with Crippen LogP contribution in [0.3, 0.4) is 0 Å². The van der Waals surface area contributed by atoms with E-state index in [-0.39, 0.29) is 22.8 Å². The number of nitrogens with one attached hydrogen (secondary N) is 1. The van der Waals surface area contributed by atoms with E-state index in [1.54, 1.807) is 12.1 Å². The Hall–Kier alpha value is -2.85. The van der Waals surface area contributed by atoms with Gasteiger partial charge in [0.2, 0.25) is 0 Å². The minimum absolute atomic E-state index is 0.0275. The van der Waals surface area contributed by atoms with Crippen LogP contribution < -0.4 is 10.1 Å². The maximum absolute atomic E-state index is 13.6. The maximum Gasteiger partial charge on any atom is 0.266 e. The molecule has 2 rings (SSSR count). The van der Waals surface area contributed by atoms with Gasteiger partial charge in [0, 0.05) is 4.47 Å². The predicted molar refractivity (Wildman–Crippen MR) is 91.0 cm³/mol. The minimum atomic E-state index is -0.759. The lowest BCUT2D eigenvalue weighted by Gasteiger charge is -2.08. The molecule has 0 unspecified atom stereocenters. The maximum atomic E-state index is 13.6. The second-order valence-electron chi connectivity index (χ2n) is 4.65. The molecule has 24 heavy (non-hydrogen) atoms. The molecule has 0 heterocycles. The summed E-state index contributed by atoms with van der Waals surface area (Å²) in [6.45, 7) is 0. The third-order valence-corrected chi connectivity index (χ3v) is 3.77. The van der Waals surface area contributed by atoms with E-state index in [1.807, 2.05) is 0 Å². The van der Waals surface area contributed by atoms with Gasteiger partial charge in [-0.05, 0) is 35.9 Å². The highest BCUT2D eigenvalue weighted by Gasteiger charge is 2.14. The Morgan fingerprint density at radius 2 is 2.12 bits per heavy atom. The monoisotopic (exact) mass is 390 g/mol. The lowest BCUT2D eigenvalue weighted by molar-refractivity contribution is -0.112. The number of halogens is 2. The van der Waals surface area contributed by atoms with Crippen molar-refractivity contribution in [3.63, 3.8) is 0 Å². The lowest BCUT2D eigenvalue weighted by Crippen LogP contribution is -2.14. The molecular weight excluding hydrogens is 379 g/mol. The molecular formula is C17H12BrFN2O3. The van der Waals surface area contributed by atoms with Crippen LogP contribution in [-0.4, -0.2) is 18.1 Å². The zero-order valence-corrected chi connectivity index (χ0v) is 14.1. The van der Waals surface area contributed by atoms with Gasteiger partial charge in [-0.1, -0.05) is 28.1 Å². The normalized spacial score (nSPS) is 10.8. The molecule has 0 atom stereocenters. The first-order chi connectivity index (χ1) is 11.5. The molecule has 0 spiro atoms. The van der Waals surface area contributed by atoms with E-state index in [2.05, 4.69) is 21.2 Å². The van der Waals surface area contributed by atoms with Gasteiger partial charge in [-0.25, -0.2) is 4.39 Å². The fourth-order valence-corrected chi connectivity index (χ4v) is 2.33. The molecule has 0 aromatic heterocycles. The summed E-state index contributed by atoms with van der Waals surface area (Å²) in [4.78, 5) is 12.1. The van der Waals surface area contributed by atoms with Crippen molar-refractivity contribution in [2.75, 3.05) is 12.4 Å². The summed E-state index contributed by atoms with van der Waals surface area (Å²) in [6, 6.07) is 10.2. The fourth-order valence-electron chi connectivity index (χ4n) is 1.89. The summed E-state index contributed by atoms with van der Waals surface area (Å²) in [6.07, 6.45) is 1.28. The molecule has 0 aliphatic rings. The number of rotatable bonds is 4. The number of hydrogen-bond donors (Lipinski definition) is 2. The third kappa shape index (κ3) is 3.91. The van der Waals surface area contributed by atoms with Gasteiger partial charge in [0.1, 0.15) is 17.5 Å². The third-order valence-electron chi connectivity index (χ3n) is 3.09. The molecule has 2 N–H and O–H groups in total. The van der Waals surface area contributed by atoms with Crippen molar-refractivity contribution in [3.05, 3.63) is 57.8 Å². The van der Waals surface area contributed by atoms with Gasteiger partial charge in [0.25, 0.3) is 5.91 Å². The van der Waals surface area contributed by atoms with E-state index in [1.165, 1.54) is 43.5 Å². The smallest absolute Gasteiger partial charge is 0.266 e. The number of phenols is 1. The number of aromatic hydroxyl groups is 1. The molecule has 1 amide bonds. The minimum Gasteiger partial charge on any atom is -0.504 e. The molecule has 5 nitrogen and oxygen atoms in total. The number of ether oxygens (including phenoxy) is 1. The van der Waals surface area contributed by atoms with E-state index in [9.17, 15) is 19.6 Å². The van der Waals surface area contributed by atoms with Gasteiger partial charge >= 0.3 is 0 Å². The van der Waals surface area contributed by atoms with Gasteiger partial charge in [0.05, 0.1) is 12.8 Å². The van der Waals surface area contributed by atoms with Crippen LogP contribution in [0.2, 0.25) is 0 Å². The van der Waals surface area contributed by atoms with Gasteiger partial charge in [-0.2, -0.15) is 5.26 Å². The summed E-state index contributed by atoms with van der Waals surface area (Å²) in [5.41, 5.74) is 0.123. The quantitative estimate of drug-likeness (QED) is 0.613. The van der Waals surface area contributed by atoms with Crippen molar-refractivity contribution in [1.82, 2.24) is 0 Å². The lowest BCUT2D eigenvalue weighted by atomic mass is 10.1. The Morgan fingerprint density at radius 1 is 1.42 bits per heavy atom. The predicted octanol–water partition coefficient (Wildman–Crippen LogP) is 3.85. The van der Waals surface area contributed by atoms with Crippen molar-refractivity contribution in [2.45, 2.75) is 0 Å². The van der Waals surface area contributed by atoms with Gasteiger partial charge in [0.15, 0.2) is 11.5 Å². The Bertz CT molecular complexity index is 859. The molecule has 0 bridgehead atoms.